The van der Waals surface area contributed by atoms with Gasteiger partial charge in [-0.1, -0.05) is 16.8 Å². The van der Waals surface area contributed by atoms with Crippen LogP contribution in [0.3, 0.4) is 0 Å². The van der Waals surface area contributed by atoms with E-state index in [-0.39, 0.29) is 5.82 Å². The van der Waals surface area contributed by atoms with E-state index in [1.807, 2.05) is 0 Å². The monoisotopic (exact) mass is 240 g/mol. The molecule has 0 saturated carbocycles. The average molecular weight is 241 g/mol. The number of rotatable bonds is 3. The Balaban J connectivity index is 2.49. The van der Waals surface area contributed by atoms with Crippen LogP contribution in [-0.4, -0.2) is 22.0 Å². The van der Waals surface area contributed by atoms with Crippen LogP contribution in [0, 0.1) is 5.82 Å². The first kappa shape index (κ1) is 11.0. The van der Waals surface area contributed by atoms with Crippen LogP contribution in [0.2, 0.25) is 5.02 Å². The first-order valence-corrected chi connectivity index (χ1v) is 5.10. The summed E-state index contributed by atoms with van der Waals surface area (Å²) in [4.78, 5) is 0. The summed E-state index contributed by atoms with van der Waals surface area (Å²) in [6.45, 7) is 0.555. The summed E-state index contributed by atoms with van der Waals surface area (Å²) in [5.74, 6) is -0.382. The lowest BCUT2D eigenvalue weighted by Crippen LogP contribution is -2.12. The van der Waals surface area contributed by atoms with Crippen molar-refractivity contribution in [3.63, 3.8) is 0 Å². The Bertz CT molecular complexity index is 497. The molecule has 2 rings (SSSR count). The summed E-state index contributed by atoms with van der Waals surface area (Å²) in [5.41, 5.74) is 1.07. The van der Waals surface area contributed by atoms with Gasteiger partial charge in [-0.25, -0.2) is 9.07 Å². The van der Waals surface area contributed by atoms with Crippen LogP contribution in [0.1, 0.15) is 5.69 Å². The summed E-state index contributed by atoms with van der Waals surface area (Å²) in [7, 11) is 1.80. The quantitative estimate of drug-likeness (QED) is 0.889. The molecule has 0 bridgehead atoms. The van der Waals surface area contributed by atoms with Crippen molar-refractivity contribution in [2.24, 2.45) is 0 Å². The number of hydrogen-bond acceptors (Lipinski definition) is 3. The molecule has 0 unspecified atom stereocenters. The lowest BCUT2D eigenvalue weighted by atomic mass is 10.3. The zero-order chi connectivity index (χ0) is 11.5. The largest absolute Gasteiger partial charge is 0.314 e. The van der Waals surface area contributed by atoms with E-state index in [0.717, 1.165) is 5.69 Å². The number of nitrogens with zero attached hydrogens (tertiary/aromatic N) is 3. The molecule has 1 aromatic carbocycles. The van der Waals surface area contributed by atoms with E-state index in [1.165, 1.54) is 22.9 Å². The second kappa shape index (κ2) is 4.59. The van der Waals surface area contributed by atoms with E-state index >= 15 is 0 Å². The van der Waals surface area contributed by atoms with Gasteiger partial charge in [0, 0.05) is 11.6 Å². The smallest absolute Gasteiger partial charge is 0.149 e. The number of nitrogens with one attached hydrogen (secondary N) is 1. The van der Waals surface area contributed by atoms with Crippen molar-refractivity contribution in [2.45, 2.75) is 6.54 Å². The van der Waals surface area contributed by atoms with Crippen LogP contribution >= 0.6 is 11.6 Å². The van der Waals surface area contributed by atoms with Gasteiger partial charge in [0.25, 0.3) is 0 Å². The fraction of sp³-hybridized carbons (Fsp3) is 0.200. The molecule has 0 atom stereocenters. The standard InChI is InChI=1S/C10H10ClFN4/c1-13-5-8-6-14-15-16(8)10-4-7(11)2-3-9(10)12/h2-4,6,13H,5H2,1H3. The molecule has 0 aliphatic heterocycles. The van der Waals surface area contributed by atoms with Gasteiger partial charge in [-0.05, 0) is 25.2 Å². The minimum absolute atomic E-state index is 0.301. The summed E-state index contributed by atoms with van der Waals surface area (Å²) >= 11 is 5.82. The Hall–Kier alpha value is -1.46. The van der Waals surface area contributed by atoms with Crippen molar-refractivity contribution in [3.05, 3.63) is 40.9 Å². The van der Waals surface area contributed by atoms with E-state index < -0.39 is 0 Å². The summed E-state index contributed by atoms with van der Waals surface area (Å²) in [6.07, 6.45) is 1.58. The van der Waals surface area contributed by atoms with Crippen molar-refractivity contribution >= 4 is 11.6 Å². The zero-order valence-electron chi connectivity index (χ0n) is 8.61. The predicted molar refractivity (Wildman–Crippen MR) is 59.1 cm³/mol. The van der Waals surface area contributed by atoms with Crippen LogP contribution in [0.4, 0.5) is 4.39 Å². The maximum Gasteiger partial charge on any atom is 0.149 e. The van der Waals surface area contributed by atoms with Gasteiger partial charge in [-0.2, -0.15) is 0 Å². The lowest BCUT2D eigenvalue weighted by molar-refractivity contribution is 0.599. The second-order valence-electron chi connectivity index (χ2n) is 3.26. The number of aromatic nitrogens is 3. The Morgan fingerprint density at radius 2 is 2.31 bits per heavy atom. The van der Waals surface area contributed by atoms with Crippen molar-refractivity contribution in [3.8, 4) is 5.69 Å². The summed E-state index contributed by atoms with van der Waals surface area (Å²) in [6, 6.07) is 4.32. The molecule has 1 heterocycles. The van der Waals surface area contributed by atoms with Gasteiger partial charge in [0.05, 0.1) is 11.9 Å². The molecule has 0 saturated heterocycles. The van der Waals surface area contributed by atoms with Crippen molar-refractivity contribution in [1.29, 1.82) is 0 Å². The molecule has 84 valence electrons. The minimum Gasteiger partial charge on any atom is -0.314 e. The van der Waals surface area contributed by atoms with Crippen LogP contribution in [-0.2, 0) is 6.54 Å². The van der Waals surface area contributed by atoms with Crippen LogP contribution < -0.4 is 5.32 Å². The third kappa shape index (κ3) is 2.05. The molecule has 0 aliphatic rings. The first-order chi connectivity index (χ1) is 7.72. The van der Waals surface area contributed by atoms with Gasteiger partial charge in [-0.15, -0.1) is 5.10 Å². The molecule has 0 radical (unpaired) electrons. The maximum absolute atomic E-state index is 13.6. The lowest BCUT2D eigenvalue weighted by Gasteiger charge is -2.07. The molecule has 0 spiro atoms. The van der Waals surface area contributed by atoms with Gasteiger partial charge in [-0.3, -0.25) is 0 Å². The predicted octanol–water partition coefficient (Wildman–Crippen LogP) is 1.78. The van der Waals surface area contributed by atoms with Gasteiger partial charge < -0.3 is 5.32 Å². The summed E-state index contributed by atoms with van der Waals surface area (Å²) in [5, 5.41) is 11.0. The van der Waals surface area contributed by atoms with Crippen molar-refractivity contribution in [1.82, 2.24) is 20.3 Å². The topological polar surface area (TPSA) is 42.7 Å². The van der Waals surface area contributed by atoms with Gasteiger partial charge in [0.1, 0.15) is 11.5 Å². The van der Waals surface area contributed by atoms with Crippen LogP contribution in [0.15, 0.2) is 24.4 Å². The molecule has 0 aliphatic carbocycles. The minimum atomic E-state index is -0.382. The van der Waals surface area contributed by atoms with E-state index in [2.05, 4.69) is 15.6 Å². The van der Waals surface area contributed by atoms with Gasteiger partial charge in [0.15, 0.2) is 0 Å². The fourth-order valence-electron chi connectivity index (χ4n) is 1.41. The van der Waals surface area contributed by atoms with E-state index in [1.54, 1.807) is 13.2 Å². The second-order valence-corrected chi connectivity index (χ2v) is 3.70. The SMILES string of the molecule is CNCc1cnnn1-c1cc(Cl)ccc1F. The highest BCUT2D eigenvalue weighted by atomic mass is 35.5. The summed E-state index contributed by atoms with van der Waals surface area (Å²) < 4.78 is 15.0. The van der Waals surface area contributed by atoms with Crippen LogP contribution in [0.5, 0.6) is 0 Å². The van der Waals surface area contributed by atoms with Crippen LogP contribution in [0.25, 0.3) is 5.69 Å². The fourth-order valence-corrected chi connectivity index (χ4v) is 1.58. The van der Waals surface area contributed by atoms with E-state index in [9.17, 15) is 4.39 Å². The third-order valence-corrected chi connectivity index (χ3v) is 2.35. The molecule has 16 heavy (non-hydrogen) atoms. The normalized spacial score (nSPS) is 10.7. The van der Waals surface area contributed by atoms with Gasteiger partial charge >= 0.3 is 0 Å². The maximum atomic E-state index is 13.6. The Morgan fingerprint density at radius 3 is 3.06 bits per heavy atom. The third-order valence-electron chi connectivity index (χ3n) is 2.11. The molecule has 6 heteroatoms. The zero-order valence-corrected chi connectivity index (χ0v) is 9.37. The molecule has 0 fully saturated rings. The highest BCUT2D eigenvalue weighted by Gasteiger charge is 2.10. The number of hydrogen-bond donors (Lipinski definition) is 1. The number of halogens is 2. The van der Waals surface area contributed by atoms with E-state index in [4.69, 9.17) is 11.6 Å². The molecule has 4 nitrogen and oxygen atoms in total. The molecular weight excluding hydrogens is 231 g/mol. The average Bonchev–Trinajstić information content (AvgIpc) is 2.70. The molecule has 2 aromatic rings. The van der Waals surface area contributed by atoms with Gasteiger partial charge in [0.2, 0.25) is 0 Å². The highest BCUT2D eigenvalue weighted by molar-refractivity contribution is 6.30. The Labute approximate surface area is 97.0 Å². The Kier molecular flexibility index (Phi) is 3.17. The molecule has 0 amide bonds. The highest BCUT2D eigenvalue weighted by Crippen LogP contribution is 2.19. The molecule has 1 N–H and O–H groups in total. The number of benzene rings is 1. The van der Waals surface area contributed by atoms with Crippen molar-refractivity contribution < 1.29 is 4.39 Å². The Morgan fingerprint density at radius 1 is 1.50 bits per heavy atom. The van der Waals surface area contributed by atoms with Crippen molar-refractivity contribution in [2.75, 3.05) is 7.05 Å². The molecule has 1 aromatic heterocycles. The molecular formula is C10H10ClFN4. The van der Waals surface area contributed by atoms with E-state index in [0.29, 0.717) is 17.3 Å². The first-order valence-electron chi connectivity index (χ1n) is 4.72.